The van der Waals surface area contributed by atoms with Crippen molar-refractivity contribution < 1.29 is 9.59 Å². The van der Waals surface area contributed by atoms with Gasteiger partial charge in [0.2, 0.25) is 5.91 Å². The summed E-state index contributed by atoms with van der Waals surface area (Å²) in [6.07, 6.45) is 1.40. The van der Waals surface area contributed by atoms with E-state index < -0.39 is 0 Å². The monoisotopic (exact) mass is 412 g/mol. The van der Waals surface area contributed by atoms with E-state index in [1.54, 1.807) is 0 Å². The first-order valence-electron chi connectivity index (χ1n) is 10.9. The number of nitrogens with one attached hydrogen (secondary N) is 1. The molecule has 1 saturated heterocycles. The summed E-state index contributed by atoms with van der Waals surface area (Å²) in [6, 6.07) is 26.1. The Kier molecular flexibility index (Phi) is 6.46. The quantitative estimate of drug-likeness (QED) is 0.652. The second-order valence-corrected chi connectivity index (χ2v) is 8.21. The first-order chi connectivity index (χ1) is 15.1. The SMILES string of the molecule is Cc1ccc(CNC(=O)C2CCN(C(=O)c3ccc(-c4ccccc4)cc3)CC2)cc1. The van der Waals surface area contributed by atoms with Crippen molar-refractivity contribution in [1.82, 2.24) is 10.2 Å². The number of nitrogens with zero attached hydrogens (tertiary/aromatic N) is 1. The van der Waals surface area contributed by atoms with Crippen LogP contribution in [0, 0.1) is 12.8 Å². The van der Waals surface area contributed by atoms with Crippen molar-refractivity contribution in [3.63, 3.8) is 0 Å². The van der Waals surface area contributed by atoms with Crippen LogP contribution in [0.4, 0.5) is 0 Å². The Hall–Kier alpha value is -3.40. The standard InChI is InChI=1S/C27H28N2O2/c1-20-7-9-21(10-8-20)19-28-26(30)24-15-17-29(18-16-24)27(31)25-13-11-23(12-14-25)22-5-3-2-4-6-22/h2-14,24H,15-19H2,1H3,(H,28,30). The number of rotatable bonds is 5. The first-order valence-corrected chi connectivity index (χ1v) is 10.9. The van der Waals surface area contributed by atoms with E-state index in [0.29, 0.717) is 38.0 Å². The predicted molar refractivity (Wildman–Crippen MR) is 124 cm³/mol. The molecule has 0 spiro atoms. The Bertz CT molecular complexity index is 1020. The van der Waals surface area contributed by atoms with Gasteiger partial charge in [0.1, 0.15) is 0 Å². The number of benzene rings is 3. The van der Waals surface area contributed by atoms with Crippen molar-refractivity contribution >= 4 is 11.8 Å². The highest BCUT2D eigenvalue weighted by Crippen LogP contribution is 2.22. The van der Waals surface area contributed by atoms with Crippen molar-refractivity contribution in [1.29, 1.82) is 0 Å². The fourth-order valence-electron chi connectivity index (χ4n) is 4.00. The minimum absolute atomic E-state index is 0.0324. The molecule has 4 rings (SSSR count). The average molecular weight is 413 g/mol. The lowest BCUT2D eigenvalue weighted by atomic mass is 9.95. The van der Waals surface area contributed by atoms with Crippen LogP contribution in [-0.2, 0) is 11.3 Å². The second-order valence-electron chi connectivity index (χ2n) is 8.21. The maximum atomic E-state index is 12.9. The minimum Gasteiger partial charge on any atom is -0.352 e. The topological polar surface area (TPSA) is 49.4 Å². The van der Waals surface area contributed by atoms with Gasteiger partial charge in [-0.1, -0.05) is 72.3 Å². The fourth-order valence-corrected chi connectivity index (χ4v) is 4.00. The number of carbonyl (C=O) groups excluding carboxylic acids is 2. The molecule has 1 heterocycles. The van der Waals surface area contributed by atoms with Crippen LogP contribution in [0.3, 0.4) is 0 Å². The fraction of sp³-hybridized carbons (Fsp3) is 0.259. The molecule has 158 valence electrons. The molecule has 1 aliphatic rings. The van der Waals surface area contributed by atoms with Gasteiger partial charge in [0.25, 0.3) is 5.91 Å². The largest absolute Gasteiger partial charge is 0.352 e. The number of piperidine rings is 1. The highest BCUT2D eigenvalue weighted by molar-refractivity contribution is 5.95. The molecule has 0 atom stereocenters. The smallest absolute Gasteiger partial charge is 0.253 e. The molecule has 0 saturated carbocycles. The Morgan fingerprint density at radius 2 is 1.45 bits per heavy atom. The van der Waals surface area contributed by atoms with Gasteiger partial charge >= 0.3 is 0 Å². The molecule has 0 aliphatic carbocycles. The third-order valence-electron chi connectivity index (χ3n) is 5.98. The number of hydrogen-bond donors (Lipinski definition) is 1. The molecule has 1 fully saturated rings. The Morgan fingerprint density at radius 1 is 0.839 bits per heavy atom. The number of hydrogen-bond acceptors (Lipinski definition) is 2. The van der Waals surface area contributed by atoms with Gasteiger partial charge < -0.3 is 10.2 Å². The molecule has 2 amide bonds. The summed E-state index contributed by atoms with van der Waals surface area (Å²) in [5.74, 6) is 0.0907. The maximum Gasteiger partial charge on any atom is 0.253 e. The van der Waals surface area contributed by atoms with Gasteiger partial charge in [0, 0.05) is 31.1 Å². The molecule has 3 aromatic rings. The Labute approximate surface area is 183 Å². The highest BCUT2D eigenvalue weighted by atomic mass is 16.2. The van der Waals surface area contributed by atoms with Crippen LogP contribution < -0.4 is 5.32 Å². The molecule has 0 bridgehead atoms. The maximum absolute atomic E-state index is 12.9. The van der Waals surface area contributed by atoms with Crippen molar-refractivity contribution in [2.75, 3.05) is 13.1 Å². The molecule has 3 aromatic carbocycles. The predicted octanol–water partition coefficient (Wildman–Crippen LogP) is 4.83. The lowest BCUT2D eigenvalue weighted by Crippen LogP contribution is -2.42. The van der Waals surface area contributed by atoms with Crippen molar-refractivity contribution in [2.45, 2.75) is 26.3 Å². The highest BCUT2D eigenvalue weighted by Gasteiger charge is 2.27. The molecule has 4 heteroatoms. The van der Waals surface area contributed by atoms with Crippen LogP contribution in [-0.4, -0.2) is 29.8 Å². The van der Waals surface area contributed by atoms with Crippen LogP contribution in [0.25, 0.3) is 11.1 Å². The first kappa shape index (κ1) is 20.9. The van der Waals surface area contributed by atoms with Gasteiger partial charge in [0.15, 0.2) is 0 Å². The summed E-state index contributed by atoms with van der Waals surface area (Å²) in [6.45, 7) is 3.82. The van der Waals surface area contributed by atoms with E-state index in [4.69, 9.17) is 0 Å². The third kappa shape index (κ3) is 5.21. The second kappa shape index (κ2) is 9.61. The molecule has 4 nitrogen and oxygen atoms in total. The third-order valence-corrected chi connectivity index (χ3v) is 5.98. The van der Waals surface area contributed by atoms with Gasteiger partial charge in [-0.2, -0.15) is 0 Å². The molecule has 1 aliphatic heterocycles. The molecule has 0 aromatic heterocycles. The normalized spacial score (nSPS) is 14.3. The molecule has 0 radical (unpaired) electrons. The zero-order valence-electron chi connectivity index (χ0n) is 17.9. The van der Waals surface area contributed by atoms with Crippen molar-refractivity contribution in [2.24, 2.45) is 5.92 Å². The van der Waals surface area contributed by atoms with Gasteiger partial charge in [-0.15, -0.1) is 0 Å². The zero-order chi connectivity index (χ0) is 21.6. The van der Waals surface area contributed by atoms with E-state index in [-0.39, 0.29) is 17.7 Å². The summed E-state index contributed by atoms with van der Waals surface area (Å²) in [7, 11) is 0. The molecule has 31 heavy (non-hydrogen) atoms. The van der Waals surface area contributed by atoms with Crippen LogP contribution in [0.5, 0.6) is 0 Å². The van der Waals surface area contributed by atoms with E-state index in [1.807, 2.05) is 59.5 Å². The van der Waals surface area contributed by atoms with Crippen LogP contribution in [0.15, 0.2) is 78.9 Å². The van der Waals surface area contributed by atoms with E-state index in [1.165, 1.54) is 5.56 Å². The van der Waals surface area contributed by atoms with E-state index in [0.717, 1.165) is 16.7 Å². The van der Waals surface area contributed by atoms with Crippen molar-refractivity contribution in [3.05, 3.63) is 95.6 Å². The Balaban J connectivity index is 1.28. The summed E-state index contributed by atoms with van der Waals surface area (Å²) < 4.78 is 0. The zero-order valence-corrected chi connectivity index (χ0v) is 17.9. The van der Waals surface area contributed by atoms with Crippen molar-refractivity contribution in [3.8, 4) is 11.1 Å². The van der Waals surface area contributed by atoms with Gasteiger partial charge in [-0.05, 0) is 48.6 Å². The summed E-state index contributed by atoms with van der Waals surface area (Å²) >= 11 is 0. The number of likely N-dealkylation sites (tertiary alicyclic amines) is 1. The summed E-state index contributed by atoms with van der Waals surface area (Å²) in [5, 5.41) is 3.04. The number of aryl methyl sites for hydroxylation is 1. The van der Waals surface area contributed by atoms with Crippen LogP contribution >= 0.6 is 0 Å². The van der Waals surface area contributed by atoms with Crippen LogP contribution in [0.2, 0.25) is 0 Å². The van der Waals surface area contributed by atoms with Gasteiger partial charge in [-0.3, -0.25) is 9.59 Å². The Morgan fingerprint density at radius 3 is 2.10 bits per heavy atom. The summed E-state index contributed by atoms with van der Waals surface area (Å²) in [5.41, 5.74) is 5.24. The van der Waals surface area contributed by atoms with E-state index in [2.05, 4.69) is 36.5 Å². The minimum atomic E-state index is -0.0324. The lowest BCUT2D eigenvalue weighted by molar-refractivity contribution is -0.126. The lowest BCUT2D eigenvalue weighted by Gasteiger charge is -2.31. The molecular weight excluding hydrogens is 384 g/mol. The molecular formula is C27H28N2O2. The van der Waals surface area contributed by atoms with Gasteiger partial charge in [0.05, 0.1) is 0 Å². The van der Waals surface area contributed by atoms with E-state index >= 15 is 0 Å². The molecule has 1 N–H and O–H groups in total. The van der Waals surface area contributed by atoms with E-state index in [9.17, 15) is 9.59 Å². The van der Waals surface area contributed by atoms with Gasteiger partial charge in [-0.25, -0.2) is 0 Å². The number of amides is 2. The average Bonchev–Trinajstić information content (AvgIpc) is 2.84. The summed E-state index contributed by atoms with van der Waals surface area (Å²) in [4.78, 5) is 27.3. The number of carbonyl (C=O) groups is 2. The van der Waals surface area contributed by atoms with Crippen LogP contribution in [0.1, 0.15) is 34.3 Å². The molecule has 0 unspecified atom stereocenters.